The van der Waals surface area contributed by atoms with Crippen molar-refractivity contribution >= 4 is 11.6 Å². The summed E-state index contributed by atoms with van der Waals surface area (Å²) in [5.74, 6) is 0.699. The minimum atomic E-state index is 0.115. The molecule has 2 aliphatic rings. The molecule has 1 amide bonds. The molecule has 2 heterocycles. The highest BCUT2D eigenvalue weighted by Gasteiger charge is 2.36. The maximum Gasteiger partial charge on any atom is 0.229 e. The molecule has 1 aromatic rings. The number of rotatable bonds is 0. The quantitative estimate of drug-likeness (QED) is 0.692. The molecule has 0 spiro atoms. The minimum absolute atomic E-state index is 0.115. The van der Waals surface area contributed by atoms with Crippen LogP contribution in [0.1, 0.15) is 23.5 Å². The molecule has 0 aliphatic carbocycles. The first-order valence-electron chi connectivity index (χ1n) is 5.88. The van der Waals surface area contributed by atoms with E-state index in [1.165, 1.54) is 11.1 Å². The van der Waals surface area contributed by atoms with Gasteiger partial charge in [-0.15, -0.1) is 0 Å². The van der Waals surface area contributed by atoms with Crippen LogP contribution >= 0.6 is 0 Å². The van der Waals surface area contributed by atoms with Crippen molar-refractivity contribution in [3.05, 3.63) is 29.3 Å². The zero-order valence-corrected chi connectivity index (χ0v) is 9.42. The van der Waals surface area contributed by atoms with Crippen LogP contribution in [0.25, 0.3) is 0 Å². The number of anilines is 1. The summed E-state index contributed by atoms with van der Waals surface area (Å²) in [6.45, 7) is 3.88. The summed E-state index contributed by atoms with van der Waals surface area (Å²) < 4.78 is 0. The van der Waals surface area contributed by atoms with Crippen molar-refractivity contribution in [2.45, 2.75) is 19.3 Å². The summed E-state index contributed by atoms with van der Waals surface area (Å²) in [6.07, 6.45) is 1.06. The normalized spacial score (nSPS) is 27.9. The maximum atomic E-state index is 12.0. The van der Waals surface area contributed by atoms with E-state index in [1.54, 1.807) is 0 Å². The van der Waals surface area contributed by atoms with Crippen LogP contribution in [0.5, 0.6) is 0 Å². The molecule has 3 nitrogen and oxygen atoms in total. The van der Waals surface area contributed by atoms with E-state index in [4.69, 9.17) is 0 Å². The SMILES string of the molecule is Cc1ccc2c(c1)NC(=O)C1CNCCC21. The Morgan fingerprint density at radius 3 is 3.06 bits per heavy atom. The summed E-state index contributed by atoms with van der Waals surface area (Å²) in [4.78, 5) is 12.0. The van der Waals surface area contributed by atoms with Crippen LogP contribution in [-0.4, -0.2) is 19.0 Å². The van der Waals surface area contributed by atoms with Gasteiger partial charge in [0.25, 0.3) is 0 Å². The molecule has 16 heavy (non-hydrogen) atoms. The zero-order chi connectivity index (χ0) is 11.1. The van der Waals surface area contributed by atoms with Gasteiger partial charge in [0.1, 0.15) is 0 Å². The zero-order valence-electron chi connectivity index (χ0n) is 9.42. The molecule has 3 heteroatoms. The van der Waals surface area contributed by atoms with Crippen LogP contribution in [0.3, 0.4) is 0 Å². The van der Waals surface area contributed by atoms with Crippen molar-refractivity contribution < 1.29 is 4.79 Å². The molecular weight excluding hydrogens is 200 g/mol. The first kappa shape index (κ1) is 9.85. The molecule has 1 aromatic carbocycles. The molecule has 0 radical (unpaired) electrons. The Morgan fingerprint density at radius 1 is 1.31 bits per heavy atom. The van der Waals surface area contributed by atoms with Crippen LogP contribution in [-0.2, 0) is 4.79 Å². The summed E-state index contributed by atoms with van der Waals surface area (Å²) >= 11 is 0. The van der Waals surface area contributed by atoms with Gasteiger partial charge in [0, 0.05) is 12.2 Å². The molecule has 2 unspecified atom stereocenters. The molecule has 0 bridgehead atoms. The van der Waals surface area contributed by atoms with Gasteiger partial charge >= 0.3 is 0 Å². The predicted octanol–water partition coefficient (Wildman–Crippen LogP) is 1.64. The average molecular weight is 216 g/mol. The molecule has 1 fully saturated rings. The second-order valence-electron chi connectivity index (χ2n) is 4.79. The summed E-state index contributed by atoms with van der Waals surface area (Å²) in [7, 11) is 0. The number of piperidine rings is 1. The third kappa shape index (κ3) is 1.43. The van der Waals surface area contributed by atoms with Crippen LogP contribution in [0.2, 0.25) is 0 Å². The largest absolute Gasteiger partial charge is 0.326 e. The third-order valence-corrected chi connectivity index (χ3v) is 3.68. The number of hydrogen-bond donors (Lipinski definition) is 2. The van der Waals surface area contributed by atoms with E-state index >= 15 is 0 Å². The Morgan fingerprint density at radius 2 is 2.19 bits per heavy atom. The van der Waals surface area contributed by atoms with Gasteiger partial charge in [0.05, 0.1) is 5.92 Å². The fraction of sp³-hybridized carbons (Fsp3) is 0.462. The number of fused-ring (bicyclic) bond motifs is 3. The molecule has 0 aromatic heterocycles. The molecule has 1 saturated heterocycles. The fourth-order valence-corrected chi connectivity index (χ4v) is 2.83. The number of aryl methyl sites for hydroxylation is 1. The number of amides is 1. The number of carbonyl (C=O) groups excluding carboxylic acids is 1. The molecule has 2 N–H and O–H groups in total. The van der Waals surface area contributed by atoms with Crippen LogP contribution in [0.4, 0.5) is 5.69 Å². The van der Waals surface area contributed by atoms with E-state index in [0.29, 0.717) is 5.92 Å². The van der Waals surface area contributed by atoms with E-state index < -0.39 is 0 Å². The van der Waals surface area contributed by atoms with Crippen LogP contribution in [0, 0.1) is 12.8 Å². The maximum absolute atomic E-state index is 12.0. The minimum Gasteiger partial charge on any atom is -0.326 e. The summed E-state index contributed by atoms with van der Waals surface area (Å²) in [5, 5.41) is 6.32. The van der Waals surface area contributed by atoms with Crippen molar-refractivity contribution in [2.24, 2.45) is 5.92 Å². The Balaban J connectivity index is 2.06. The molecule has 84 valence electrons. The average Bonchev–Trinajstić information content (AvgIpc) is 2.29. The van der Waals surface area contributed by atoms with Gasteiger partial charge in [-0.25, -0.2) is 0 Å². The van der Waals surface area contributed by atoms with Crippen molar-refractivity contribution in [2.75, 3.05) is 18.4 Å². The molecular formula is C13H16N2O. The van der Waals surface area contributed by atoms with Crippen LogP contribution in [0.15, 0.2) is 18.2 Å². The van der Waals surface area contributed by atoms with Gasteiger partial charge in [-0.1, -0.05) is 12.1 Å². The lowest BCUT2D eigenvalue weighted by Crippen LogP contribution is -2.44. The molecule has 2 atom stereocenters. The van der Waals surface area contributed by atoms with Crippen molar-refractivity contribution in [1.82, 2.24) is 5.32 Å². The Hall–Kier alpha value is -1.35. The Bertz CT molecular complexity index is 442. The number of hydrogen-bond acceptors (Lipinski definition) is 2. The Kier molecular flexibility index (Phi) is 2.21. The van der Waals surface area contributed by atoms with Crippen LogP contribution < -0.4 is 10.6 Å². The lowest BCUT2D eigenvalue weighted by atomic mass is 9.77. The lowest BCUT2D eigenvalue weighted by Gasteiger charge is -2.36. The second kappa shape index (κ2) is 3.59. The fourth-order valence-electron chi connectivity index (χ4n) is 2.83. The number of benzene rings is 1. The summed E-state index contributed by atoms with van der Waals surface area (Å²) in [5.41, 5.74) is 3.54. The van der Waals surface area contributed by atoms with Gasteiger partial charge in [-0.2, -0.15) is 0 Å². The first-order valence-corrected chi connectivity index (χ1v) is 5.88. The predicted molar refractivity (Wildman–Crippen MR) is 63.5 cm³/mol. The van der Waals surface area contributed by atoms with Crippen molar-refractivity contribution in [3.8, 4) is 0 Å². The second-order valence-corrected chi connectivity index (χ2v) is 4.79. The van der Waals surface area contributed by atoms with E-state index in [1.807, 2.05) is 0 Å². The third-order valence-electron chi connectivity index (χ3n) is 3.68. The lowest BCUT2D eigenvalue weighted by molar-refractivity contribution is -0.121. The molecule has 2 aliphatic heterocycles. The smallest absolute Gasteiger partial charge is 0.229 e. The topological polar surface area (TPSA) is 41.1 Å². The highest BCUT2D eigenvalue weighted by atomic mass is 16.2. The monoisotopic (exact) mass is 216 g/mol. The van der Waals surface area contributed by atoms with Gasteiger partial charge in [0.2, 0.25) is 5.91 Å². The number of carbonyl (C=O) groups is 1. The van der Waals surface area contributed by atoms with Gasteiger partial charge in [0.15, 0.2) is 0 Å². The van der Waals surface area contributed by atoms with Gasteiger partial charge in [-0.3, -0.25) is 4.79 Å². The van der Waals surface area contributed by atoms with E-state index in [2.05, 4.69) is 35.8 Å². The highest BCUT2D eigenvalue weighted by molar-refractivity contribution is 5.97. The van der Waals surface area contributed by atoms with E-state index in [-0.39, 0.29) is 11.8 Å². The van der Waals surface area contributed by atoms with Crippen molar-refractivity contribution in [3.63, 3.8) is 0 Å². The van der Waals surface area contributed by atoms with Gasteiger partial charge in [-0.05, 0) is 43.0 Å². The number of nitrogens with one attached hydrogen (secondary N) is 2. The molecule has 3 rings (SSSR count). The molecule has 0 saturated carbocycles. The summed E-state index contributed by atoms with van der Waals surface area (Å²) in [6, 6.07) is 6.38. The first-order chi connectivity index (χ1) is 7.75. The Labute approximate surface area is 95.2 Å². The van der Waals surface area contributed by atoms with Gasteiger partial charge < -0.3 is 10.6 Å². The van der Waals surface area contributed by atoms with E-state index in [9.17, 15) is 4.79 Å². The highest BCUT2D eigenvalue weighted by Crippen LogP contribution is 2.39. The standard InChI is InChI=1S/C13H16N2O/c1-8-2-3-10-9-4-5-14-7-11(9)13(16)15-12(10)6-8/h2-3,6,9,11,14H,4-5,7H2,1H3,(H,15,16). The van der Waals surface area contributed by atoms with Crippen molar-refractivity contribution in [1.29, 1.82) is 0 Å². The van der Waals surface area contributed by atoms with E-state index in [0.717, 1.165) is 25.2 Å².